The van der Waals surface area contributed by atoms with E-state index < -0.39 is 40.0 Å². The van der Waals surface area contributed by atoms with Crippen LogP contribution < -0.4 is 5.32 Å². The van der Waals surface area contributed by atoms with Gasteiger partial charge in [0.05, 0.1) is 29.2 Å². The second-order valence-corrected chi connectivity index (χ2v) is 8.93. The first-order valence-electron chi connectivity index (χ1n) is 9.65. The standard InChI is InChI=1S/C22H25NO7S/c1-4-29-22(26)17-6-8-18(9-7-17)23-20(24)14-30-21(25)11-12-31(27,28)19-10-5-15(2)16(3)13-19/h5-10,13H,4,11-12,14H2,1-3H3,(H,23,24). The quantitative estimate of drug-likeness (QED) is 0.588. The Morgan fingerprint density at radius 2 is 1.61 bits per heavy atom. The third-order valence-corrected chi connectivity index (χ3v) is 6.17. The zero-order valence-electron chi connectivity index (χ0n) is 17.6. The minimum Gasteiger partial charge on any atom is -0.462 e. The van der Waals surface area contributed by atoms with Crippen LogP contribution in [0.2, 0.25) is 0 Å². The predicted molar refractivity (Wildman–Crippen MR) is 115 cm³/mol. The normalized spacial score (nSPS) is 10.9. The number of benzene rings is 2. The number of nitrogens with one attached hydrogen (secondary N) is 1. The number of carbonyl (C=O) groups is 3. The zero-order chi connectivity index (χ0) is 23.0. The molecule has 0 radical (unpaired) electrons. The number of rotatable bonds is 9. The predicted octanol–water partition coefficient (Wildman–Crippen LogP) is 2.83. The van der Waals surface area contributed by atoms with Gasteiger partial charge in [-0.05, 0) is 68.3 Å². The maximum atomic E-state index is 12.4. The largest absolute Gasteiger partial charge is 0.462 e. The lowest BCUT2D eigenvalue weighted by atomic mass is 10.1. The molecule has 1 N–H and O–H groups in total. The van der Waals surface area contributed by atoms with E-state index in [1.165, 1.54) is 30.3 Å². The number of hydrogen-bond donors (Lipinski definition) is 1. The van der Waals surface area contributed by atoms with Crippen molar-refractivity contribution in [2.75, 3.05) is 24.3 Å². The van der Waals surface area contributed by atoms with E-state index in [4.69, 9.17) is 9.47 Å². The molecule has 0 aliphatic heterocycles. The van der Waals surface area contributed by atoms with Crippen molar-refractivity contribution in [2.24, 2.45) is 0 Å². The number of sulfone groups is 1. The van der Waals surface area contributed by atoms with Gasteiger partial charge in [0.15, 0.2) is 16.4 Å². The van der Waals surface area contributed by atoms with Gasteiger partial charge < -0.3 is 14.8 Å². The summed E-state index contributed by atoms with van der Waals surface area (Å²) in [7, 11) is -3.64. The number of aryl methyl sites for hydroxylation is 2. The number of amides is 1. The maximum absolute atomic E-state index is 12.4. The van der Waals surface area contributed by atoms with Crippen molar-refractivity contribution in [1.29, 1.82) is 0 Å². The lowest BCUT2D eigenvalue weighted by molar-refractivity contribution is -0.146. The number of esters is 2. The first kappa shape index (κ1) is 24.1. The molecule has 0 saturated heterocycles. The van der Waals surface area contributed by atoms with Crippen molar-refractivity contribution >= 4 is 33.4 Å². The summed E-state index contributed by atoms with van der Waals surface area (Å²) in [5, 5.41) is 2.52. The average Bonchev–Trinajstić information content (AvgIpc) is 2.73. The Bertz CT molecular complexity index is 1060. The van der Waals surface area contributed by atoms with Crippen molar-refractivity contribution in [1.82, 2.24) is 0 Å². The van der Waals surface area contributed by atoms with Gasteiger partial charge in [-0.25, -0.2) is 13.2 Å². The molecule has 2 aromatic rings. The van der Waals surface area contributed by atoms with E-state index >= 15 is 0 Å². The molecule has 0 atom stereocenters. The van der Waals surface area contributed by atoms with E-state index in [1.807, 2.05) is 13.8 Å². The van der Waals surface area contributed by atoms with Crippen molar-refractivity contribution in [3.63, 3.8) is 0 Å². The van der Waals surface area contributed by atoms with Gasteiger partial charge in [0.1, 0.15) is 0 Å². The minimum absolute atomic E-state index is 0.146. The lowest BCUT2D eigenvalue weighted by Crippen LogP contribution is -2.22. The second kappa shape index (κ2) is 10.7. The molecule has 0 saturated carbocycles. The highest BCUT2D eigenvalue weighted by molar-refractivity contribution is 7.91. The lowest BCUT2D eigenvalue weighted by Gasteiger charge is -2.09. The molecule has 0 unspecified atom stereocenters. The highest BCUT2D eigenvalue weighted by Crippen LogP contribution is 2.17. The second-order valence-electron chi connectivity index (χ2n) is 6.82. The van der Waals surface area contributed by atoms with Gasteiger partial charge in [-0.3, -0.25) is 9.59 Å². The summed E-state index contributed by atoms with van der Waals surface area (Å²) < 4.78 is 34.5. The molecule has 9 heteroatoms. The molecule has 2 rings (SSSR count). The fourth-order valence-electron chi connectivity index (χ4n) is 2.56. The van der Waals surface area contributed by atoms with E-state index in [2.05, 4.69) is 5.32 Å². The van der Waals surface area contributed by atoms with Crippen LogP contribution in [-0.4, -0.2) is 45.2 Å². The highest BCUT2D eigenvalue weighted by Gasteiger charge is 2.18. The van der Waals surface area contributed by atoms with Gasteiger partial charge in [-0.2, -0.15) is 0 Å². The summed E-state index contributed by atoms with van der Waals surface area (Å²) in [6.07, 6.45) is -0.364. The summed E-state index contributed by atoms with van der Waals surface area (Å²) in [6, 6.07) is 10.8. The van der Waals surface area contributed by atoms with Gasteiger partial charge in [-0.1, -0.05) is 6.07 Å². The van der Waals surface area contributed by atoms with Crippen LogP contribution in [0.15, 0.2) is 47.4 Å². The first-order chi connectivity index (χ1) is 14.6. The molecular formula is C22H25NO7S. The number of hydrogen-bond acceptors (Lipinski definition) is 7. The van der Waals surface area contributed by atoms with E-state index in [0.717, 1.165) is 11.1 Å². The van der Waals surface area contributed by atoms with Gasteiger partial charge in [0, 0.05) is 5.69 Å². The van der Waals surface area contributed by atoms with E-state index in [9.17, 15) is 22.8 Å². The van der Waals surface area contributed by atoms with Gasteiger partial charge in [0.25, 0.3) is 5.91 Å². The fourth-order valence-corrected chi connectivity index (χ4v) is 3.87. The van der Waals surface area contributed by atoms with Crippen molar-refractivity contribution in [3.05, 3.63) is 59.2 Å². The molecule has 1 amide bonds. The molecule has 0 aromatic heterocycles. The summed E-state index contributed by atoms with van der Waals surface area (Å²) in [6.45, 7) is 5.10. The third-order valence-electron chi connectivity index (χ3n) is 4.46. The molecule has 0 aliphatic rings. The van der Waals surface area contributed by atoms with Gasteiger partial charge >= 0.3 is 11.9 Å². The molecule has 166 valence electrons. The average molecular weight is 448 g/mol. The van der Waals surface area contributed by atoms with Crippen molar-refractivity contribution < 1.29 is 32.3 Å². The molecule has 0 spiro atoms. The van der Waals surface area contributed by atoms with Crippen LogP contribution in [0, 0.1) is 13.8 Å². The van der Waals surface area contributed by atoms with E-state index in [1.54, 1.807) is 19.1 Å². The Kier molecular flexibility index (Phi) is 8.32. The number of ether oxygens (including phenoxy) is 2. The topological polar surface area (TPSA) is 116 Å². The van der Waals surface area contributed by atoms with Crippen molar-refractivity contribution in [2.45, 2.75) is 32.1 Å². The SMILES string of the molecule is CCOC(=O)c1ccc(NC(=O)COC(=O)CCS(=O)(=O)c2ccc(C)c(C)c2)cc1. The summed E-state index contributed by atoms with van der Waals surface area (Å²) >= 11 is 0. The molecule has 0 bridgehead atoms. The van der Waals surface area contributed by atoms with Crippen LogP contribution in [0.1, 0.15) is 34.8 Å². The number of carbonyl (C=O) groups excluding carboxylic acids is 3. The van der Waals surface area contributed by atoms with E-state index in [-0.39, 0.29) is 17.9 Å². The molecule has 31 heavy (non-hydrogen) atoms. The Morgan fingerprint density at radius 1 is 0.935 bits per heavy atom. The van der Waals surface area contributed by atoms with Gasteiger partial charge in [0.2, 0.25) is 0 Å². The third kappa shape index (κ3) is 7.21. The van der Waals surface area contributed by atoms with Crippen LogP contribution >= 0.6 is 0 Å². The van der Waals surface area contributed by atoms with Gasteiger partial charge in [-0.15, -0.1) is 0 Å². The fraction of sp³-hybridized carbons (Fsp3) is 0.318. The minimum atomic E-state index is -3.64. The Morgan fingerprint density at radius 3 is 2.23 bits per heavy atom. The molecular weight excluding hydrogens is 422 g/mol. The molecule has 0 heterocycles. The van der Waals surface area contributed by atoms with Crippen LogP contribution in [0.5, 0.6) is 0 Å². The first-order valence-corrected chi connectivity index (χ1v) is 11.3. The number of anilines is 1. The maximum Gasteiger partial charge on any atom is 0.338 e. The molecule has 0 fully saturated rings. The molecule has 0 aliphatic carbocycles. The zero-order valence-corrected chi connectivity index (χ0v) is 18.5. The van der Waals surface area contributed by atoms with Crippen LogP contribution in [0.25, 0.3) is 0 Å². The van der Waals surface area contributed by atoms with Crippen LogP contribution in [0.4, 0.5) is 5.69 Å². The Labute approximate surface area is 181 Å². The Hall–Kier alpha value is -3.20. The van der Waals surface area contributed by atoms with Crippen LogP contribution in [0.3, 0.4) is 0 Å². The molecule has 8 nitrogen and oxygen atoms in total. The summed E-state index contributed by atoms with van der Waals surface area (Å²) in [4.78, 5) is 35.5. The summed E-state index contributed by atoms with van der Waals surface area (Å²) in [5.41, 5.74) is 2.57. The van der Waals surface area contributed by atoms with Crippen molar-refractivity contribution in [3.8, 4) is 0 Å². The monoisotopic (exact) mass is 447 g/mol. The van der Waals surface area contributed by atoms with Crippen LogP contribution in [-0.2, 0) is 28.9 Å². The molecule has 2 aromatic carbocycles. The smallest absolute Gasteiger partial charge is 0.338 e. The van der Waals surface area contributed by atoms with E-state index in [0.29, 0.717) is 11.3 Å². The Balaban J connectivity index is 1.80. The highest BCUT2D eigenvalue weighted by atomic mass is 32.2. The summed E-state index contributed by atoms with van der Waals surface area (Å²) in [5.74, 6) is -2.26.